The molecule has 1 aliphatic rings. The van der Waals surface area contributed by atoms with Crippen LogP contribution in [0, 0.1) is 10.1 Å². The van der Waals surface area contributed by atoms with Gasteiger partial charge >= 0.3 is 0 Å². The van der Waals surface area contributed by atoms with Crippen LogP contribution in [0.5, 0.6) is 5.75 Å². The summed E-state index contributed by atoms with van der Waals surface area (Å²) in [5.41, 5.74) is 1.50. The molecule has 1 saturated heterocycles. The standard InChI is InChI=1S/C20H20N4O4S/c1-3-18-19(25)23(13-14-7-9-17(28-2)10-8-14)20(29-18)22-21-12-15-5-4-6-16(11-15)24(26)27/h4-12,18H,3,13H2,1-2H3/b21-12+,22-20+. The third-order valence-electron chi connectivity index (χ3n) is 4.32. The van der Waals surface area contributed by atoms with E-state index < -0.39 is 4.92 Å². The molecule has 0 spiro atoms. The molecule has 0 radical (unpaired) electrons. The van der Waals surface area contributed by atoms with Crippen LogP contribution < -0.4 is 4.74 Å². The predicted molar refractivity (Wildman–Crippen MR) is 113 cm³/mol. The molecule has 1 heterocycles. The Morgan fingerprint density at radius 3 is 2.69 bits per heavy atom. The number of carbonyl (C=O) groups excluding carboxylic acids is 1. The molecule has 3 rings (SSSR count). The minimum atomic E-state index is -0.461. The summed E-state index contributed by atoms with van der Waals surface area (Å²) in [6, 6.07) is 13.6. The van der Waals surface area contributed by atoms with Crippen molar-refractivity contribution < 1.29 is 14.5 Å². The zero-order chi connectivity index (χ0) is 20.8. The van der Waals surface area contributed by atoms with Crippen LogP contribution in [0.2, 0.25) is 0 Å². The maximum atomic E-state index is 12.7. The molecular weight excluding hydrogens is 392 g/mol. The lowest BCUT2D eigenvalue weighted by atomic mass is 10.2. The molecule has 0 saturated carbocycles. The lowest BCUT2D eigenvalue weighted by Gasteiger charge is -2.16. The normalized spacial score (nSPS) is 18.0. The van der Waals surface area contributed by atoms with Gasteiger partial charge in [0.25, 0.3) is 5.69 Å². The van der Waals surface area contributed by atoms with Gasteiger partial charge in [-0.3, -0.25) is 19.8 Å². The van der Waals surface area contributed by atoms with Gasteiger partial charge in [0.15, 0.2) is 5.17 Å². The van der Waals surface area contributed by atoms with Gasteiger partial charge in [-0.2, -0.15) is 5.10 Å². The average molecular weight is 412 g/mol. The number of benzene rings is 2. The first-order chi connectivity index (χ1) is 14.0. The van der Waals surface area contributed by atoms with Crippen LogP contribution in [0.25, 0.3) is 0 Å². The Labute approximate surface area is 172 Å². The number of hydrogen-bond acceptors (Lipinski definition) is 7. The van der Waals surface area contributed by atoms with Crippen molar-refractivity contribution in [2.45, 2.75) is 25.1 Å². The van der Waals surface area contributed by atoms with Gasteiger partial charge in [0.05, 0.1) is 30.0 Å². The highest BCUT2D eigenvalue weighted by molar-refractivity contribution is 8.15. The molecule has 1 fully saturated rings. The second-order valence-electron chi connectivity index (χ2n) is 6.27. The first-order valence-corrected chi connectivity index (χ1v) is 9.86. The number of nitro benzene ring substituents is 1. The van der Waals surface area contributed by atoms with E-state index in [2.05, 4.69) is 10.2 Å². The van der Waals surface area contributed by atoms with E-state index >= 15 is 0 Å². The number of hydrogen-bond donors (Lipinski definition) is 0. The van der Waals surface area contributed by atoms with Crippen molar-refractivity contribution in [2.75, 3.05) is 7.11 Å². The maximum absolute atomic E-state index is 12.7. The largest absolute Gasteiger partial charge is 0.497 e. The van der Waals surface area contributed by atoms with Crippen LogP contribution in [-0.4, -0.2) is 39.5 Å². The predicted octanol–water partition coefficient (Wildman–Crippen LogP) is 3.85. The van der Waals surface area contributed by atoms with E-state index in [0.717, 1.165) is 11.3 Å². The number of rotatable bonds is 7. The molecule has 2 aromatic carbocycles. The van der Waals surface area contributed by atoms with Crippen molar-refractivity contribution in [1.29, 1.82) is 0 Å². The van der Waals surface area contributed by atoms with Crippen LogP contribution in [0.1, 0.15) is 24.5 Å². The first-order valence-electron chi connectivity index (χ1n) is 8.98. The summed E-state index contributed by atoms with van der Waals surface area (Å²) >= 11 is 1.38. The molecule has 0 aliphatic carbocycles. The Morgan fingerprint density at radius 2 is 2.03 bits per heavy atom. The topological polar surface area (TPSA) is 97.4 Å². The fraction of sp³-hybridized carbons (Fsp3) is 0.250. The van der Waals surface area contributed by atoms with Crippen LogP contribution in [0.3, 0.4) is 0 Å². The molecule has 29 heavy (non-hydrogen) atoms. The highest BCUT2D eigenvalue weighted by atomic mass is 32.2. The van der Waals surface area contributed by atoms with Crippen molar-refractivity contribution in [3.63, 3.8) is 0 Å². The summed E-state index contributed by atoms with van der Waals surface area (Å²) in [4.78, 5) is 24.7. The molecule has 150 valence electrons. The van der Waals surface area contributed by atoms with Gasteiger partial charge in [-0.15, -0.1) is 5.10 Å². The molecular formula is C20H20N4O4S. The van der Waals surface area contributed by atoms with Crippen LogP contribution in [0.4, 0.5) is 5.69 Å². The van der Waals surface area contributed by atoms with Gasteiger partial charge in [0, 0.05) is 17.7 Å². The number of nitro groups is 1. The monoisotopic (exact) mass is 412 g/mol. The summed E-state index contributed by atoms with van der Waals surface area (Å²) in [5, 5.41) is 19.5. The Balaban J connectivity index is 1.79. The lowest BCUT2D eigenvalue weighted by Crippen LogP contribution is -2.31. The highest BCUT2D eigenvalue weighted by Crippen LogP contribution is 2.31. The van der Waals surface area contributed by atoms with Gasteiger partial charge in [-0.1, -0.05) is 43.0 Å². The summed E-state index contributed by atoms with van der Waals surface area (Å²) in [5.74, 6) is 0.746. The van der Waals surface area contributed by atoms with E-state index in [9.17, 15) is 14.9 Å². The third-order valence-corrected chi connectivity index (χ3v) is 5.65. The van der Waals surface area contributed by atoms with Crippen molar-refractivity contribution in [1.82, 2.24) is 4.90 Å². The maximum Gasteiger partial charge on any atom is 0.270 e. The molecule has 2 aromatic rings. The highest BCUT2D eigenvalue weighted by Gasteiger charge is 2.36. The van der Waals surface area contributed by atoms with Crippen molar-refractivity contribution in [2.24, 2.45) is 10.2 Å². The van der Waals surface area contributed by atoms with Crippen LogP contribution >= 0.6 is 11.8 Å². The minimum absolute atomic E-state index is 0.00221. The van der Waals surface area contributed by atoms with Crippen LogP contribution in [-0.2, 0) is 11.3 Å². The number of ether oxygens (including phenoxy) is 1. The molecule has 1 unspecified atom stereocenters. The molecule has 0 bridgehead atoms. The van der Waals surface area contributed by atoms with Gasteiger partial charge in [0.1, 0.15) is 5.75 Å². The van der Waals surface area contributed by atoms with E-state index in [4.69, 9.17) is 4.74 Å². The zero-order valence-corrected chi connectivity index (χ0v) is 16.8. The number of carbonyl (C=O) groups is 1. The van der Waals surface area contributed by atoms with Gasteiger partial charge in [-0.05, 0) is 24.1 Å². The van der Waals surface area contributed by atoms with E-state index in [0.29, 0.717) is 23.7 Å². The van der Waals surface area contributed by atoms with Crippen molar-refractivity contribution >= 4 is 34.7 Å². The molecule has 9 heteroatoms. The number of nitrogens with zero attached hydrogens (tertiary/aromatic N) is 4. The fourth-order valence-corrected chi connectivity index (χ4v) is 3.79. The number of thioether (sulfide) groups is 1. The Hall–Kier alpha value is -3.20. The average Bonchev–Trinajstić information content (AvgIpc) is 3.03. The molecule has 1 aliphatic heterocycles. The smallest absolute Gasteiger partial charge is 0.270 e. The Morgan fingerprint density at radius 1 is 1.28 bits per heavy atom. The number of non-ortho nitro benzene ring substituents is 1. The second kappa shape index (κ2) is 9.33. The molecule has 0 aromatic heterocycles. The van der Waals surface area contributed by atoms with E-state index in [1.165, 1.54) is 30.1 Å². The van der Waals surface area contributed by atoms with E-state index in [1.807, 2.05) is 31.2 Å². The number of amidine groups is 1. The van der Waals surface area contributed by atoms with Crippen LogP contribution in [0.15, 0.2) is 58.7 Å². The van der Waals surface area contributed by atoms with Gasteiger partial charge < -0.3 is 4.74 Å². The van der Waals surface area contributed by atoms with Crippen molar-refractivity contribution in [3.8, 4) is 5.75 Å². The second-order valence-corrected chi connectivity index (χ2v) is 7.44. The Kier molecular flexibility index (Phi) is 6.61. The Bertz CT molecular complexity index is 959. The summed E-state index contributed by atoms with van der Waals surface area (Å²) in [7, 11) is 1.60. The zero-order valence-electron chi connectivity index (χ0n) is 16.0. The van der Waals surface area contributed by atoms with Gasteiger partial charge in [0.2, 0.25) is 5.91 Å². The molecule has 1 amide bonds. The minimum Gasteiger partial charge on any atom is -0.497 e. The van der Waals surface area contributed by atoms with E-state index in [-0.39, 0.29) is 16.8 Å². The third kappa shape index (κ3) is 5.00. The quantitative estimate of drug-likeness (QED) is 0.391. The molecule has 1 atom stereocenters. The van der Waals surface area contributed by atoms with E-state index in [1.54, 1.807) is 24.1 Å². The van der Waals surface area contributed by atoms with Gasteiger partial charge in [-0.25, -0.2) is 0 Å². The fourth-order valence-electron chi connectivity index (χ4n) is 2.77. The first kappa shape index (κ1) is 20.5. The lowest BCUT2D eigenvalue weighted by molar-refractivity contribution is -0.384. The molecule has 8 nitrogen and oxygen atoms in total. The molecule has 0 N–H and O–H groups in total. The summed E-state index contributed by atoms with van der Waals surface area (Å²) in [6.07, 6.45) is 2.13. The summed E-state index contributed by atoms with van der Waals surface area (Å²) < 4.78 is 5.16. The van der Waals surface area contributed by atoms with Crippen molar-refractivity contribution in [3.05, 3.63) is 69.8 Å². The number of amides is 1. The SMILES string of the molecule is CCC1S/C(=N/N=C/c2cccc([N+](=O)[O-])c2)N(Cc2ccc(OC)cc2)C1=O. The number of methoxy groups -OCH3 is 1. The summed E-state index contributed by atoms with van der Waals surface area (Å²) in [6.45, 7) is 2.34.